The van der Waals surface area contributed by atoms with Crippen molar-refractivity contribution >= 4 is 47.8 Å². The molecular formula is C10H10Br3N4NaO4. The van der Waals surface area contributed by atoms with Crippen LogP contribution in [-0.2, 0) is 0 Å². The Bertz CT molecular complexity index is 680. The van der Waals surface area contributed by atoms with Crippen LogP contribution in [0.2, 0.25) is 0 Å². The fourth-order valence-electron chi connectivity index (χ4n) is 0.871. The van der Waals surface area contributed by atoms with E-state index in [0.29, 0.717) is 19.2 Å². The van der Waals surface area contributed by atoms with E-state index in [0.717, 1.165) is 7.11 Å². The van der Waals surface area contributed by atoms with Crippen LogP contribution >= 0.6 is 47.8 Å². The van der Waals surface area contributed by atoms with Crippen LogP contribution in [0.1, 0.15) is 0 Å². The van der Waals surface area contributed by atoms with E-state index >= 15 is 0 Å². The molecule has 2 aromatic heterocycles. The topological polar surface area (TPSA) is 124 Å². The summed E-state index contributed by atoms with van der Waals surface area (Å²) in [6.07, 6.45) is 2.93. The molecule has 0 aromatic carbocycles. The first-order valence-corrected chi connectivity index (χ1v) is 7.42. The zero-order valence-corrected chi connectivity index (χ0v) is 18.6. The van der Waals surface area contributed by atoms with Crippen molar-refractivity contribution in [3.8, 4) is 5.75 Å². The molecular weight excluding hydrogens is 503 g/mol. The Labute approximate surface area is 172 Å². The van der Waals surface area contributed by atoms with Gasteiger partial charge in [-0.05, 0) is 47.8 Å². The van der Waals surface area contributed by atoms with E-state index < -0.39 is 0 Å². The Hall–Kier alpha value is -0.0400. The first-order valence-electron chi connectivity index (χ1n) is 5.04. The van der Waals surface area contributed by atoms with Gasteiger partial charge in [0.25, 0.3) is 11.1 Å². The van der Waals surface area contributed by atoms with Gasteiger partial charge < -0.3 is 9.84 Å². The Balaban J connectivity index is 0. The number of hydrogen-bond donors (Lipinski definition) is 2. The molecule has 0 radical (unpaired) electrons. The predicted octanol–water partition coefficient (Wildman–Crippen LogP) is -2.18. The van der Waals surface area contributed by atoms with Crippen molar-refractivity contribution in [2.75, 3.05) is 14.2 Å². The number of methoxy groups -OCH3 is 1. The number of nitrogens with zero attached hydrogens (tertiary/aromatic N) is 2. The molecule has 2 rings (SSSR count). The van der Waals surface area contributed by atoms with E-state index in [1.54, 1.807) is 0 Å². The van der Waals surface area contributed by atoms with Crippen molar-refractivity contribution in [3.63, 3.8) is 0 Å². The maximum atomic E-state index is 10.8. The second kappa shape index (κ2) is 13.4. The fraction of sp³-hybridized carbons (Fsp3) is 0.200. The molecule has 0 saturated carbocycles. The molecule has 0 aliphatic heterocycles. The summed E-state index contributed by atoms with van der Waals surface area (Å²) in [6.45, 7) is 0. The second-order valence-corrected chi connectivity index (χ2v) is 5.38. The van der Waals surface area contributed by atoms with E-state index in [1.807, 2.05) is 0 Å². The van der Waals surface area contributed by atoms with Gasteiger partial charge in [-0.3, -0.25) is 9.59 Å². The third-order valence-corrected chi connectivity index (χ3v) is 4.41. The number of hydrogen-bond acceptors (Lipinski definition) is 6. The first kappa shape index (κ1) is 24.2. The summed E-state index contributed by atoms with van der Waals surface area (Å²) < 4.78 is 6.29. The van der Waals surface area contributed by atoms with Crippen molar-refractivity contribution in [1.29, 1.82) is 0 Å². The number of halogens is 3. The quantitative estimate of drug-likeness (QED) is 0.419. The van der Waals surface area contributed by atoms with Gasteiger partial charge in [-0.25, -0.2) is 10.2 Å². The van der Waals surface area contributed by atoms with E-state index in [-0.39, 0.29) is 40.7 Å². The normalized spacial score (nSPS) is 8.45. The number of rotatable bonds is 1. The van der Waals surface area contributed by atoms with Crippen molar-refractivity contribution in [1.82, 2.24) is 20.4 Å². The molecule has 0 amide bonds. The van der Waals surface area contributed by atoms with Gasteiger partial charge in [-0.15, -0.1) is 0 Å². The number of H-pyrrole nitrogens is 2. The Morgan fingerprint density at radius 2 is 1.45 bits per heavy atom. The van der Waals surface area contributed by atoms with E-state index in [9.17, 15) is 9.59 Å². The van der Waals surface area contributed by atoms with Gasteiger partial charge in [0.2, 0.25) is 0 Å². The van der Waals surface area contributed by atoms with E-state index in [4.69, 9.17) is 9.84 Å². The van der Waals surface area contributed by atoms with Gasteiger partial charge in [0.05, 0.1) is 28.4 Å². The summed E-state index contributed by atoms with van der Waals surface area (Å²) in [5.41, 5.74) is -0.524. The Morgan fingerprint density at radius 3 is 1.82 bits per heavy atom. The minimum atomic E-state index is -0.292. The summed E-state index contributed by atoms with van der Waals surface area (Å²) in [6, 6.07) is 0. The fourth-order valence-corrected chi connectivity index (χ4v) is 1.70. The van der Waals surface area contributed by atoms with Crippen LogP contribution in [0.3, 0.4) is 0 Å². The maximum Gasteiger partial charge on any atom is 1.00 e. The molecule has 0 aliphatic carbocycles. The summed E-state index contributed by atoms with van der Waals surface area (Å²) >= 11 is 9.20. The smallest absolute Gasteiger partial charge is 0.857 e. The monoisotopic (exact) mass is 510 g/mol. The third-order valence-electron chi connectivity index (χ3n) is 1.74. The molecule has 0 aliphatic rings. The van der Waals surface area contributed by atoms with Gasteiger partial charge in [-0.2, -0.15) is 17.3 Å². The van der Waals surface area contributed by atoms with Gasteiger partial charge in [0.1, 0.15) is 4.47 Å². The molecule has 22 heavy (non-hydrogen) atoms. The number of aromatic amines is 2. The molecule has 2 aromatic rings. The maximum absolute atomic E-state index is 10.8. The number of ether oxygens (including phenoxy) is 1. The SMILES string of the molecule is COc1cn[nH]c(=O)c1Br.C[O-].O=c1[nH]ncc(Br)c1Br.[Na+]. The molecule has 0 atom stereocenters. The molecule has 0 saturated heterocycles. The van der Waals surface area contributed by atoms with Crippen LogP contribution in [0.5, 0.6) is 5.75 Å². The zero-order chi connectivity index (χ0) is 16.4. The van der Waals surface area contributed by atoms with Crippen molar-refractivity contribution in [2.45, 2.75) is 0 Å². The molecule has 0 unspecified atom stereocenters. The van der Waals surface area contributed by atoms with Crippen LogP contribution in [0.4, 0.5) is 0 Å². The van der Waals surface area contributed by atoms with E-state index in [1.165, 1.54) is 19.5 Å². The minimum Gasteiger partial charge on any atom is -0.857 e. The molecule has 116 valence electrons. The van der Waals surface area contributed by atoms with Crippen LogP contribution in [-0.4, -0.2) is 34.6 Å². The van der Waals surface area contributed by atoms with Gasteiger partial charge >= 0.3 is 29.6 Å². The molecule has 0 spiro atoms. The molecule has 2 heterocycles. The summed E-state index contributed by atoms with van der Waals surface area (Å²) in [5, 5.41) is 19.8. The molecule has 0 fully saturated rings. The number of nitrogens with one attached hydrogen (secondary N) is 2. The van der Waals surface area contributed by atoms with Crippen molar-refractivity contribution in [3.05, 3.63) is 46.5 Å². The summed E-state index contributed by atoms with van der Waals surface area (Å²) in [4.78, 5) is 21.4. The van der Waals surface area contributed by atoms with Crippen molar-refractivity contribution < 1.29 is 39.4 Å². The summed E-state index contributed by atoms with van der Waals surface area (Å²) in [5.74, 6) is 0.434. The molecule has 2 N–H and O–H groups in total. The zero-order valence-electron chi connectivity index (χ0n) is 11.8. The van der Waals surface area contributed by atoms with Gasteiger partial charge in [0.15, 0.2) is 5.75 Å². The van der Waals surface area contributed by atoms with Crippen LogP contribution < -0.4 is 50.5 Å². The molecule has 12 heteroatoms. The van der Waals surface area contributed by atoms with Crippen molar-refractivity contribution in [2.24, 2.45) is 0 Å². The molecule has 0 bridgehead atoms. The van der Waals surface area contributed by atoms with Gasteiger partial charge in [0, 0.05) is 0 Å². The third kappa shape index (κ3) is 7.99. The Kier molecular flexibility index (Phi) is 14.8. The predicted molar refractivity (Wildman–Crippen MR) is 85.3 cm³/mol. The van der Waals surface area contributed by atoms with Crippen LogP contribution in [0.15, 0.2) is 35.4 Å². The standard InChI is InChI=1S/C5H5BrN2O2.C4H2Br2N2O.CH3O.Na/c1-10-3-2-7-8-5(9)4(3)6;5-2-1-7-8-4(9)3(2)6;1-2;/h2H,1H3,(H,8,9);1H,(H,8,9);1H3;/q;;-1;+1. The van der Waals surface area contributed by atoms with Gasteiger partial charge in [-0.1, -0.05) is 0 Å². The number of aromatic nitrogens is 4. The van der Waals surface area contributed by atoms with Crippen LogP contribution in [0.25, 0.3) is 0 Å². The average molecular weight is 513 g/mol. The molecule has 8 nitrogen and oxygen atoms in total. The second-order valence-electron chi connectivity index (χ2n) is 2.94. The van der Waals surface area contributed by atoms with E-state index in [2.05, 4.69) is 68.2 Å². The first-order chi connectivity index (χ1) is 9.97. The summed E-state index contributed by atoms with van der Waals surface area (Å²) in [7, 11) is 2.22. The van der Waals surface area contributed by atoms with Crippen LogP contribution in [0, 0.1) is 0 Å². The largest absolute Gasteiger partial charge is 1.00 e. The minimum absolute atomic E-state index is 0. The Morgan fingerprint density at radius 1 is 1.00 bits per heavy atom. The average Bonchev–Trinajstić information content (AvgIpc) is 2.50.